The van der Waals surface area contributed by atoms with Gasteiger partial charge in [-0.25, -0.2) is 0 Å². The molecule has 1 atom stereocenters. The molecule has 5 nitrogen and oxygen atoms in total. The van der Waals surface area contributed by atoms with Gasteiger partial charge in [-0.05, 0) is 55.8 Å². The van der Waals surface area contributed by atoms with Crippen molar-refractivity contribution in [1.29, 1.82) is 5.26 Å². The number of nitrogens with zero attached hydrogens (tertiary/aromatic N) is 1. The van der Waals surface area contributed by atoms with E-state index in [2.05, 4.69) is 5.32 Å². The largest absolute Gasteiger partial charge is 0.481 e. The lowest BCUT2D eigenvalue weighted by Crippen LogP contribution is -2.30. The van der Waals surface area contributed by atoms with Gasteiger partial charge in [-0.15, -0.1) is 0 Å². The minimum atomic E-state index is -0.672. The fourth-order valence-electron chi connectivity index (χ4n) is 1.87. The van der Waals surface area contributed by atoms with Crippen molar-refractivity contribution in [3.8, 4) is 11.8 Å². The highest BCUT2D eigenvalue weighted by Crippen LogP contribution is 2.19. The summed E-state index contributed by atoms with van der Waals surface area (Å²) in [5, 5.41) is 11.5. The van der Waals surface area contributed by atoms with Crippen molar-refractivity contribution in [2.45, 2.75) is 20.0 Å². The van der Waals surface area contributed by atoms with E-state index in [0.29, 0.717) is 22.7 Å². The van der Waals surface area contributed by atoms with Crippen LogP contribution in [0.2, 0.25) is 0 Å². The molecule has 3 N–H and O–H groups in total. The van der Waals surface area contributed by atoms with E-state index < -0.39 is 6.10 Å². The number of ether oxygens (including phenoxy) is 1. The highest BCUT2D eigenvalue weighted by molar-refractivity contribution is 5.95. The number of nitriles is 1. The molecular weight excluding hydrogens is 278 g/mol. The van der Waals surface area contributed by atoms with Crippen LogP contribution in [0.5, 0.6) is 5.75 Å². The summed E-state index contributed by atoms with van der Waals surface area (Å²) in [4.78, 5) is 12.2. The second-order valence-electron chi connectivity index (χ2n) is 4.96. The van der Waals surface area contributed by atoms with Gasteiger partial charge in [-0.3, -0.25) is 4.79 Å². The summed E-state index contributed by atoms with van der Waals surface area (Å²) < 4.78 is 5.57. The van der Waals surface area contributed by atoms with Crippen LogP contribution in [0.3, 0.4) is 0 Å². The van der Waals surface area contributed by atoms with Crippen molar-refractivity contribution in [2.75, 3.05) is 11.1 Å². The number of amides is 1. The lowest BCUT2D eigenvalue weighted by Gasteiger charge is -2.16. The number of nitrogens with two attached hydrogens (primary N) is 1. The van der Waals surface area contributed by atoms with E-state index in [0.717, 1.165) is 5.56 Å². The maximum absolute atomic E-state index is 12.2. The fraction of sp³-hybridized carbons (Fsp3) is 0.176. The summed E-state index contributed by atoms with van der Waals surface area (Å²) in [5.41, 5.74) is 8.44. The van der Waals surface area contributed by atoms with Crippen molar-refractivity contribution in [3.05, 3.63) is 53.6 Å². The van der Waals surface area contributed by atoms with Gasteiger partial charge in [0, 0.05) is 11.4 Å². The number of carbonyl (C=O) groups is 1. The molecule has 1 amide bonds. The van der Waals surface area contributed by atoms with Crippen LogP contribution >= 0.6 is 0 Å². The van der Waals surface area contributed by atoms with Crippen molar-refractivity contribution in [3.63, 3.8) is 0 Å². The molecule has 5 heteroatoms. The number of rotatable bonds is 4. The Hall–Kier alpha value is -3.00. The van der Waals surface area contributed by atoms with Gasteiger partial charge in [-0.1, -0.05) is 6.07 Å². The minimum absolute atomic E-state index is 0.266. The first-order valence-electron chi connectivity index (χ1n) is 6.83. The number of hydrogen-bond acceptors (Lipinski definition) is 4. The SMILES string of the molecule is Cc1ccc(N)cc1NC(=O)C(C)Oc1ccc(C#N)cc1. The molecule has 1 unspecified atom stereocenters. The molecular formula is C17H17N3O2. The lowest BCUT2D eigenvalue weighted by molar-refractivity contribution is -0.122. The van der Waals surface area contributed by atoms with Gasteiger partial charge in [0.2, 0.25) is 0 Å². The predicted octanol–water partition coefficient (Wildman–Crippen LogP) is 2.85. The molecule has 22 heavy (non-hydrogen) atoms. The molecule has 2 rings (SSSR count). The number of carbonyl (C=O) groups excluding carboxylic acids is 1. The van der Waals surface area contributed by atoms with E-state index in [-0.39, 0.29) is 5.91 Å². The van der Waals surface area contributed by atoms with Crippen LogP contribution < -0.4 is 15.8 Å². The molecule has 2 aromatic rings. The number of hydrogen-bond donors (Lipinski definition) is 2. The van der Waals surface area contributed by atoms with Gasteiger partial charge in [0.05, 0.1) is 11.6 Å². The minimum Gasteiger partial charge on any atom is -0.481 e. The number of nitrogen functional groups attached to an aromatic ring is 1. The predicted molar refractivity (Wildman–Crippen MR) is 85.5 cm³/mol. The number of aryl methyl sites for hydroxylation is 1. The average molecular weight is 295 g/mol. The first kappa shape index (κ1) is 15.4. The normalized spacial score (nSPS) is 11.3. The van der Waals surface area contributed by atoms with Crippen molar-refractivity contribution < 1.29 is 9.53 Å². The molecule has 0 spiro atoms. The lowest BCUT2D eigenvalue weighted by atomic mass is 10.1. The Kier molecular flexibility index (Phi) is 4.64. The Morgan fingerprint density at radius 3 is 2.59 bits per heavy atom. The Bertz CT molecular complexity index is 718. The van der Waals surface area contributed by atoms with Crippen LogP contribution in [-0.2, 0) is 4.79 Å². The number of benzene rings is 2. The Morgan fingerprint density at radius 2 is 1.95 bits per heavy atom. The quantitative estimate of drug-likeness (QED) is 0.849. The number of nitrogens with one attached hydrogen (secondary N) is 1. The van der Waals surface area contributed by atoms with Crippen molar-refractivity contribution in [2.24, 2.45) is 0 Å². The highest BCUT2D eigenvalue weighted by atomic mass is 16.5. The third-order valence-corrected chi connectivity index (χ3v) is 3.18. The molecule has 0 aromatic heterocycles. The molecule has 0 aliphatic heterocycles. The maximum Gasteiger partial charge on any atom is 0.265 e. The van der Waals surface area contributed by atoms with Gasteiger partial charge < -0.3 is 15.8 Å². The van der Waals surface area contributed by atoms with Gasteiger partial charge in [0.15, 0.2) is 6.10 Å². The summed E-state index contributed by atoms with van der Waals surface area (Å²) >= 11 is 0. The molecule has 0 heterocycles. The summed E-state index contributed by atoms with van der Waals surface area (Å²) in [7, 11) is 0. The monoisotopic (exact) mass is 295 g/mol. The summed E-state index contributed by atoms with van der Waals surface area (Å²) in [6, 6.07) is 14.0. The molecule has 2 aromatic carbocycles. The third kappa shape index (κ3) is 3.76. The van der Waals surface area contributed by atoms with Gasteiger partial charge >= 0.3 is 0 Å². The number of anilines is 2. The molecule has 0 radical (unpaired) electrons. The second-order valence-corrected chi connectivity index (χ2v) is 4.96. The first-order valence-corrected chi connectivity index (χ1v) is 6.83. The molecule has 0 fully saturated rings. The standard InChI is InChI=1S/C17H17N3O2/c1-11-3-6-14(19)9-16(11)20-17(21)12(2)22-15-7-4-13(10-18)5-8-15/h3-9,12H,19H2,1-2H3,(H,20,21). The molecule has 112 valence electrons. The topological polar surface area (TPSA) is 88.1 Å². The van der Waals surface area contributed by atoms with E-state index >= 15 is 0 Å². The molecule has 0 saturated carbocycles. The fourth-order valence-corrected chi connectivity index (χ4v) is 1.87. The van der Waals surface area contributed by atoms with Crippen LogP contribution in [0, 0.1) is 18.3 Å². The molecule has 0 aliphatic rings. The van der Waals surface area contributed by atoms with Crippen molar-refractivity contribution >= 4 is 17.3 Å². The highest BCUT2D eigenvalue weighted by Gasteiger charge is 2.15. The Balaban J connectivity index is 2.02. The molecule has 0 saturated heterocycles. The van der Waals surface area contributed by atoms with E-state index in [1.54, 1.807) is 43.3 Å². The average Bonchev–Trinajstić information content (AvgIpc) is 2.51. The van der Waals surface area contributed by atoms with E-state index in [1.165, 1.54) is 0 Å². The Morgan fingerprint density at radius 1 is 1.27 bits per heavy atom. The van der Waals surface area contributed by atoms with Crippen LogP contribution in [0.15, 0.2) is 42.5 Å². The van der Waals surface area contributed by atoms with Crippen LogP contribution in [0.25, 0.3) is 0 Å². The van der Waals surface area contributed by atoms with E-state index in [4.69, 9.17) is 15.7 Å². The van der Waals surface area contributed by atoms with Crippen molar-refractivity contribution in [1.82, 2.24) is 0 Å². The molecule has 0 bridgehead atoms. The maximum atomic E-state index is 12.2. The van der Waals surface area contributed by atoms with Crippen LogP contribution in [-0.4, -0.2) is 12.0 Å². The van der Waals surface area contributed by atoms with Crippen LogP contribution in [0.4, 0.5) is 11.4 Å². The second kappa shape index (κ2) is 6.64. The summed E-state index contributed by atoms with van der Waals surface area (Å²) in [6.07, 6.45) is -0.672. The van der Waals surface area contributed by atoms with Gasteiger partial charge in [0.25, 0.3) is 5.91 Å². The zero-order valence-electron chi connectivity index (χ0n) is 12.5. The summed E-state index contributed by atoms with van der Waals surface area (Å²) in [6.45, 7) is 3.55. The zero-order chi connectivity index (χ0) is 16.1. The first-order chi connectivity index (χ1) is 10.5. The summed E-state index contributed by atoms with van der Waals surface area (Å²) in [5.74, 6) is 0.268. The van der Waals surface area contributed by atoms with Gasteiger partial charge in [0.1, 0.15) is 5.75 Å². The van der Waals surface area contributed by atoms with E-state index in [1.807, 2.05) is 19.1 Å². The molecule has 0 aliphatic carbocycles. The van der Waals surface area contributed by atoms with Crippen LogP contribution in [0.1, 0.15) is 18.1 Å². The van der Waals surface area contributed by atoms with E-state index in [9.17, 15) is 4.79 Å². The van der Waals surface area contributed by atoms with Gasteiger partial charge in [-0.2, -0.15) is 5.26 Å². The zero-order valence-corrected chi connectivity index (χ0v) is 12.5. The third-order valence-electron chi connectivity index (χ3n) is 3.18. The Labute approximate surface area is 129 Å². The smallest absolute Gasteiger partial charge is 0.265 e.